The molecule has 1 aliphatic rings. The van der Waals surface area contributed by atoms with E-state index in [1.165, 1.54) is 19.3 Å². The molecule has 1 aliphatic heterocycles. The van der Waals surface area contributed by atoms with E-state index in [2.05, 4.69) is 16.5 Å². The molecule has 1 aromatic rings. The van der Waals surface area contributed by atoms with Gasteiger partial charge in [-0.05, 0) is 56.6 Å². The van der Waals surface area contributed by atoms with Crippen molar-refractivity contribution in [2.24, 2.45) is 0 Å². The van der Waals surface area contributed by atoms with Crippen molar-refractivity contribution in [2.75, 3.05) is 32.8 Å². The maximum atomic E-state index is 12.3. The van der Waals surface area contributed by atoms with Crippen LogP contribution in [0.3, 0.4) is 0 Å². The SMILES string of the molecule is CCCCOc1ccc(S(=O)(=O)NCCN2CCCCC2)cc1. The van der Waals surface area contributed by atoms with Crippen LogP contribution in [0.2, 0.25) is 0 Å². The summed E-state index contributed by atoms with van der Waals surface area (Å²) in [5.41, 5.74) is 0. The van der Waals surface area contributed by atoms with Crippen molar-refractivity contribution in [1.82, 2.24) is 9.62 Å². The van der Waals surface area contributed by atoms with Crippen LogP contribution in [0.15, 0.2) is 29.2 Å². The van der Waals surface area contributed by atoms with Gasteiger partial charge in [0.05, 0.1) is 11.5 Å². The Labute approximate surface area is 140 Å². The summed E-state index contributed by atoms with van der Waals surface area (Å²) in [5, 5.41) is 0. The fourth-order valence-corrected chi connectivity index (χ4v) is 3.67. The Bertz CT molecular complexity index is 552. The van der Waals surface area contributed by atoms with Gasteiger partial charge in [-0.1, -0.05) is 19.8 Å². The second-order valence-electron chi connectivity index (χ2n) is 5.97. The monoisotopic (exact) mass is 340 g/mol. The van der Waals surface area contributed by atoms with Gasteiger partial charge in [-0.15, -0.1) is 0 Å². The molecular formula is C17H28N2O3S. The average molecular weight is 340 g/mol. The molecule has 1 fully saturated rings. The van der Waals surface area contributed by atoms with E-state index in [0.717, 1.165) is 32.5 Å². The summed E-state index contributed by atoms with van der Waals surface area (Å²) in [5.74, 6) is 0.714. The molecule has 0 amide bonds. The van der Waals surface area contributed by atoms with Crippen molar-refractivity contribution in [3.05, 3.63) is 24.3 Å². The summed E-state index contributed by atoms with van der Waals surface area (Å²) >= 11 is 0. The van der Waals surface area contributed by atoms with Gasteiger partial charge in [-0.3, -0.25) is 0 Å². The number of sulfonamides is 1. The van der Waals surface area contributed by atoms with E-state index in [-0.39, 0.29) is 0 Å². The van der Waals surface area contributed by atoms with E-state index in [0.29, 0.717) is 23.8 Å². The molecule has 6 heteroatoms. The van der Waals surface area contributed by atoms with Gasteiger partial charge in [-0.25, -0.2) is 13.1 Å². The summed E-state index contributed by atoms with van der Waals surface area (Å²) in [7, 11) is -3.44. The summed E-state index contributed by atoms with van der Waals surface area (Å²) in [4.78, 5) is 2.61. The lowest BCUT2D eigenvalue weighted by Gasteiger charge is -2.26. The number of piperidine rings is 1. The van der Waals surface area contributed by atoms with Crippen LogP contribution < -0.4 is 9.46 Å². The number of rotatable bonds is 9. The van der Waals surface area contributed by atoms with E-state index in [1.54, 1.807) is 24.3 Å². The quantitative estimate of drug-likeness (QED) is 0.702. The molecule has 0 saturated carbocycles. The van der Waals surface area contributed by atoms with Gasteiger partial charge in [0.25, 0.3) is 0 Å². The third kappa shape index (κ3) is 6.12. The van der Waals surface area contributed by atoms with Crippen LogP contribution in [0.4, 0.5) is 0 Å². The lowest BCUT2D eigenvalue weighted by atomic mass is 10.1. The Morgan fingerprint density at radius 3 is 2.48 bits per heavy atom. The first-order chi connectivity index (χ1) is 11.1. The molecule has 1 saturated heterocycles. The molecular weight excluding hydrogens is 312 g/mol. The van der Waals surface area contributed by atoms with Crippen molar-refractivity contribution in [3.8, 4) is 5.75 Å². The van der Waals surface area contributed by atoms with Crippen molar-refractivity contribution >= 4 is 10.0 Å². The number of likely N-dealkylation sites (tertiary alicyclic amines) is 1. The van der Waals surface area contributed by atoms with Crippen LogP contribution in [-0.4, -0.2) is 46.1 Å². The Morgan fingerprint density at radius 2 is 1.83 bits per heavy atom. The van der Waals surface area contributed by atoms with E-state index < -0.39 is 10.0 Å². The molecule has 130 valence electrons. The zero-order valence-corrected chi connectivity index (χ0v) is 14.8. The first-order valence-electron chi connectivity index (χ1n) is 8.57. The molecule has 23 heavy (non-hydrogen) atoms. The Hall–Kier alpha value is -1.11. The lowest BCUT2D eigenvalue weighted by Crippen LogP contribution is -2.37. The van der Waals surface area contributed by atoms with Crippen LogP contribution in [0.25, 0.3) is 0 Å². The minimum atomic E-state index is -3.44. The number of nitrogens with one attached hydrogen (secondary N) is 1. The smallest absolute Gasteiger partial charge is 0.240 e. The van der Waals surface area contributed by atoms with Crippen molar-refractivity contribution in [1.29, 1.82) is 0 Å². The molecule has 0 bridgehead atoms. The Morgan fingerprint density at radius 1 is 1.13 bits per heavy atom. The lowest BCUT2D eigenvalue weighted by molar-refractivity contribution is 0.233. The van der Waals surface area contributed by atoms with Crippen LogP contribution in [0, 0.1) is 0 Å². The molecule has 1 aromatic carbocycles. The van der Waals surface area contributed by atoms with Crippen LogP contribution >= 0.6 is 0 Å². The van der Waals surface area contributed by atoms with E-state index in [9.17, 15) is 8.42 Å². The average Bonchev–Trinajstić information content (AvgIpc) is 2.56. The number of ether oxygens (including phenoxy) is 1. The highest BCUT2D eigenvalue weighted by molar-refractivity contribution is 7.89. The zero-order valence-electron chi connectivity index (χ0n) is 14.0. The van der Waals surface area contributed by atoms with Gasteiger partial charge < -0.3 is 9.64 Å². The van der Waals surface area contributed by atoms with E-state index in [1.807, 2.05) is 0 Å². The number of nitrogens with zero attached hydrogens (tertiary/aromatic N) is 1. The number of hydrogen-bond acceptors (Lipinski definition) is 4. The Balaban J connectivity index is 1.81. The van der Waals surface area contributed by atoms with Gasteiger partial charge in [0.15, 0.2) is 0 Å². The highest BCUT2D eigenvalue weighted by Gasteiger charge is 2.15. The van der Waals surface area contributed by atoms with Crippen LogP contribution in [0.1, 0.15) is 39.0 Å². The van der Waals surface area contributed by atoms with Gasteiger partial charge in [0, 0.05) is 13.1 Å². The Kier molecular flexibility index (Phi) is 7.33. The number of hydrogen-bond donors (Lipinski definition) is 1. The predicted octanol–water partition coefficient (Wildman–Crippen LogP) is 2.63. The largest absolute Gasteiger partial charge is 0.494 e. The van der Waals surface area contributed by atoms with Gasteiger partial charge >= 0.3 is 0 Å². The highest BCUT2D eigenvalue weighted by atomic mass is 32.2. The summed E-state index contributed by atoms with van der Waals surface area (Å²) in [6.45, 7) is 6.15. The normalized spacial score (nSPS) is 16.4. The first kappa shape index (κ1) is 18.2. The molecule has 1 heterocycles. The molecule has 0 aromatic heterocycles. The second kappa shape index (κ2) is 9.25. The number of unbranched alkanes of at least 4 members (excludes halogenated alkanes) is 1. The number of benzene rings is 1. The standard InChI is InChI=1S/C17H28N2O3S/c1-2-3-15-22-16-7-9-17(10-8-16)23(20,21)18-11-14-19-12-5-4-6-13-19/h7-10,18H,2-6,11-15H2,1H3. The third-order valence-corrected chi connectivity index (χ3v) is 5.55. The van der Waals surface area contributed by atoms with Crippen molar-refractivity contribution in [3.63, 3.8) is 0 Å². The molecule has 0 radical (unpaired) electrons. The molecule has 1 N–H and O–H groups in total. The predicted molar refractivity (Wildman–Crippen MR) is 92.3 cm³/mol. The molecule has 0 aliphatic carbocycles. The van der Waals surface area contributed by atoms with Crippen LogP contribution in [-0.2, 0) is 10.0 Å². The zero-order chi connectivity index (χ0) is 16.5. The maximum Gasteiger partial charge on any atom is 0.240 e. The van der Waals surface area contributed by atoms with Gasteiger partial charge in [0.2, 0.25) is 10.0 Å². The second-order valence-corrected chi connectivity index (χ2v) is 7.74. The highest BCUT2D eigenvalue weighted by Crippen LogP contribution is 2.16. The van der Waals surface area contributed by atoms with Crippen molar-refractivity contribution in [2.45, 2.75) is 43.9 Å². The molecule has 0 spiro atoms. The van der Waals surface area contributed by atoms with Crippen LogP contribution in [0.5, 0.6) is 5.75 Å². The molecule has 0 atom stereocenters. The topological polar surface area (TPSA) is 58.6 Å². The molecule has 5 nitrogen and oxygen atoms in total. The third-order valence-electron chi connectivity index (χ3n) is 4.07. The van der Waals surface area contributed by atoms with Crippen molar-refractivity contribution < 1.29 is 13.2 Å². The fourth-order valence-electron chi connectivity index (χ4n) is 2.65. The van der Waals surface area contributed by atoms with E-state index >= 15 is 0 Å². The minimum absolute atomic E-state index is 0.291. The maximum absolute atomic E-state index is 12.3. The molecule has 2 rings (SSSR count). The minimum Gasteiger partial charge on any atom is -0.494 e. The van der Waals surface area contributed by atoms with Gasteiger partial charge in [0.1, 0.15) is 5.75 Å². The summed E-state index contributed by atoms with van der Waals surface area (Å²) in [6.07, 6.45) is 5.79. The fraction of sp³-hybridized carbons (Fsp3) is 0.647. The first-order valence-corrected chi connectivity index (χ1v) is 10.0. The van der Waals surface area contributed by atoms with Gasteiger partial charge in [-0.2, -0.15) is 0 Å². The molecule has 0 unspecified atom stereocenters. The summed E-state index contributed by atoms with van der Waals surface area (Å²) in [6, 6.07) is 6.64. The van der Waals surface area contributed by atoms with E-state index in [4.69, 9.17) is 4.74 Å². The summed E-state index contributed by atoms with van der Waals surface area (Å²) < 4.78 is 32.8.